The summed E-state index contributed by atoms with van der Waals surface area (Å²) >= 11 is 0. The molecule has 4 aliphatic rings. The summed E-state index contributed by atoms with van der Waals surface area (Å²) in [6.07, 6.45) is 26.0. The van der Waals surface area contributed by atoms with E-state index in [4.69, 9.17) is 11.5 Å². The Balaban J connectivity index is 1.19. The van der Waals surface area contributed by atoms with Crippen molar-refractivity contribution in [1.82, 2.24) is 14.9 Å². The topological polar surface area (TPSA) is 81.4 Å². The van der Waals surface area contributed by atoms with Crippen molar-refractivity contribution in [3.05, 3.63) is 155 Å². The Kier molecular flexibility index (Phi) is 8.96. The van der Waals surface area contributed by atoms with Crippen LogP contribution >= 0.6 is 0 Å². The van der Waals surface area contributed by atoms with Crippen molar-refractivity contribution in [1.29, 1.82) is 0 Å². The van der Waals surface area contributed by atoms with Crippen LogP contribution in [-0.4, -0.2) is 36.5 Å². The lowest BCUT2D eigenvalue weighted by molar-refractivity contribution is 0.190. The molecule has 0 bridgehead atoms. The Morgan fingerprint density at radius 3 is 2.47 bits per heavy atom. The summed E-state index contributed by atoms with van der Waals surface area (Å²) in [5.41, 5.74) is 23.9. The Morgan fingerprint density at radius 1 is 0.930 bits per heavy atom. The minimum atomic E-state index is 0.460. The van der Waals surface area contributed by atoms with Crippen LogP contribution in [0.15, 0.2) is 138 Å². The van der Waals surface area contributed by atoms with E-state index in [1.165, 1.54) is 27.8 Å². The lowest BCUT2D eigenvalue weighted by Crippen LogP contribution is -2.35. The van der Waals surface area contributed by atoms with E-state index in [1.807, 2.05) is 24.6 Å². The van der Waals surface area contributed by atoms with Crippen LogP contribution in [0.5, 0.6) is 0 Å². The monoisotopic (exact) mass is 566 g/mol. The maximum absolute atomic E-state index is 6.47. The fourth-order valence-electron chi connectivity index (χ4n) is 6.12. The molecule has 2 aromatic rings. The van der Waals surface area contributed by atoms with Crippen LogP contribution in [0.1, 0.15) is 36.0 Å². The van der Waals surface area contributed by atoms with Crippen molar-refractivity contribution in [3.63, 3.8) is 0 Å². The highest BCUT2D eigenvalue weighted by atomic mass is 15.1. The fraction of sp³-hybridized carbons (Fsp3) is 0.211. The Hall–Kier alpha value is -4.67. The van der Waals surface area contributed by atoms with Gasteiger partial charge in [-0.05, 0) is 77.6 Å². The third-order valence-electron chi connectivity index (χ3n) is 8.52. The number of piperidine rings is 1. The molecular weight excluding hydrogens is 526 g/mol. The zero-order valence-corrected chi connectivity index (χ0v) is 24.6. The number of nitrogens with zero attached hydrogens (tertiary/aromatic N) is 2. The highest BCUT2D eigenvalue weighted by Crippen LogP contribution is 2.35. The maximum atomic E-state index is 6.47. The maximum Gasteiger partial charge on any atom is 0.307 e. The van der Waals surface area contributed by atoms with E-state index in [0.717, 1.165) is 67.1 Å². The van der Waals surface area contributed by atoms with Gasteiger partial charge in [-0.3, -0.25) is 4.90 Å². The fourth-order valence-corrected chi connectivity index (χ4v) is 6.12. The van der Waals surface area contributed by atoms with Crippen molar-refractivity contribution < 1.29 is 0 Å². The number of nitrogens with one attached hydrogen (secondary N) is 1. The third kappa shape index (κ3) is 6.87. The molecule has 3 heterocycles. The molecule has 0 radical (unpaired) electrons. The molecule has 6 rings (SSSR count). The molecule has 0 atom stereocenters. The first kappa shape index (κ1) is 28.4. The summed E-state index contributed by atoms with van der Waals surface area (Å²) < 4.78 is 4.35. The Labute approximate surface area is 255 Å². The van der Waals surface area contributed by atoms with Gasteiger partial charge >= 0.3 is 5.71 Å². The number of hydrogen-bond acceptors (Lipinski definition) is 4. The SMILES string of the molecule is NC/C=C1\NC=CC2=CC=CC(c3ccc(CN4CCC(C(N)=CCC5=[N+]=CC=C5)CC4)cc3)=C(c3ccccc3)C=C21. The number of hydrogen-bond donors (Lipinski definition) is 3. The van der Waals surface area contributed by atoms with Crippen LogP contribution < -0.4 is 21.5 Å². The van der Waals surface area contributed by atoms with Gasteiger partial charge in [-0.2, -0.15) is 0 Å². The standard InChI is InChI=1S/C38H40N5/c39-21-17-38-36-26-35(29-6-2-1-3-7-29)34(10-4-8-30(36)18-23-42-38)31-13-11-28(12-14-31)27-43-24-19-32(20-25-43)37(40)16-15-33-9-5-22-41-33/h1-14,16-18,22-23,26,32,42H,15,19-21,24-25,27,39-40H2/q+1/b8-4?,10-4?,30-8?,34-10?,35-26?,35-34?,36-26?,37-16?,38-17-. The number of fused-ring (bicyclic) bond motifs is 1. The van der Waals surface area contributed by atoms with E-state index in [-0.39, 0.29) is 0 Å². The van der Waals surface area contributed by atoms with Crippen LogP contribution in [-0.2, 0) is 6.54 Å². The van der Waals surface area contributed by atoms with Crippen molar-refractivity contribution in [2.75, 3.05) is 19.6 Å². The second-order valence-electron chi connectivity index (χ2n) is 11.3. The highest BCUT2D eigenvalue weighted by Gasteiger charge is 2.22. The average Bonchev–Trinajstić information content (AvgIpc) is 3.56. The van der Waals surface area contributed by atoms with Crippen molar-refractivity contribution in [2.24, 2.45) is 17.4 Å². The minimum absolute atomic E-state index is 0.460. The zero-order valence-electron chi connectivity index (χ0n) is 24.6. The van der Waals surface area contributed by atoms with E-state index < -0.39 is 0 Å². The van der Waals surface area contributed by atoms with Crippen molar-refractivity contribution >= 4 is 23.1 Å². The van der Waals surface area contributed by atoms with E-state index in [0.29, 0.717) is 12.5 Å². The molecule has 5 N–H and O–H groups in total. The van der Waals surface area contributed by atoms with Gasteiger partial charge in [0.05, 0.1) is 6.42 Å². The smallest absolute Gasteiger partial charge is 0.307 e. The number of benzene rings is 2. The number of allylic oxidation sites excluding steroid dienone is 12. The molecule has 1 fully saturated rings. The van der Waals surface area contributed by atoms with Gasteiger partial charge in [0.25, 0.3) is 6.21 Å². The summed E-state index contributed by atoms with van der Waals surface area (Å²) in [5.74, 6) is 0.460. The molecule has 0 unspecified atom stereocenters. The summed E-state index contributed by atoms with van der Waals surface area (Å²) in [6, 6.07) is 19.7. The summed E-state index contributed by atoms with van der Waals surface area (Å²) in [7, 11) is 0. The molecule has 1 saturated heterocycles. The molecule has 2 aromatic carbocycles. The summed E-state index contributed by atoms with van der Waals surface area (Å²) in [6.45, 7) is 3.55. The minimum Gasteiger partial charge on any atom is -0.402 e. The van der Waals surface area contributed by atoms with E-state index in [2.05, 4.69) is 112 Å². The first-order valence-corrected chi connectivity index (χ1v) is 15.3. The van der Waals surface area contributed by atoms with Gasteiger partial charge in [-0.15, -0.1) is 0 Å². The van der Waals surface area contributed by atoms with E-state index in [1.54, 1.807) is 0 Å². The van der Waals surface area contributed by atoms with Gasteiger partial charge in [0.15, 0.2) is 0 Å². The van der Waals surface area contributed by atoms with Crippen LogP contribution in [0.3, 0.4) is 0 Å². The van der Waals surface area contributed by atoms with E-state index >= 15 is 0 Å². The Morgan fingerprint density at radius 2 is 1.72 bits per heavy atom. The first-order chi connectivity index (χ1) is 21.2. The highest BCUT2D eigenvalue weighted by molar-refractivity contribution is 6.03. The average molecular weight is 567 g/mol. The Bertz CT molecular complexity index is 1640. The molecule has 0 saturated carbocycles. The van der Waals surface area contributed by atoms with Crippen LogP contribution in [0.2, 0.25) is 0 Å². The quantitative estimate of drug-likeness (QED) is 0.365. The normalized spacial score (nSPS) is 20.0. The predicted octanol–water partition coefficient (Wildman–Crippen LogP) is 5.57. The largest absolute Gasteiger partial charge is 0.402 e. The summed E-state index contributed by atoms with van der Waals surface area (Å²) in [4.78, 5) is 2.55. The molecule has 0 spiro atoms. The van der Waals surface area contributed by atoms with Gasteiger partial charge in [0.2, 0.25) is 0 Å². The second-order valence-corrected chi connectivity index (χ2v) is 11.3. The molecule has 3 aliphatic heterocycles. The number of rotatable bonds is 8. The molecular formula is C38H40N5+. The lowest BCUT2D eigenvalue weighted by Gasteiger charge is -2.32. The second kappa shape index (κ2) is 13.5. The number of nitrogens with two attached hydrogens (primary N) is 2. The molecule has 216 valence electrons. The van der Waals surface area contributed by atoms with Crippen LogP contribution in [0.4, 0.5) is 0 Å². The molecule has 43 heavy (non-hydrogen) atoms. The molecule has 5 heteroatoms. The van der Waals surface area contributed by atoms with Crippen LogP contribution in [0, 0.1) is 5.92 Å². The van der Waals surface area contributed by atoms with Gasteiger partial charge in [0, 0.05) is 54.3 Å². The molecule has 5 nitrogen and oxygen atoms in total. The van der Waals surface area contributed by atoms with E-state index in [9.17, 15) is 0 Å². The van der Waals surface area contributed by atoms with Crippen molar-refractivity contribution in [3.8, 4) is 0 Å². The molecule has 1 aliphatic carbocycles. The molecule has 0 amide bonds. The summed E-state index contributed by atoms with van der Waals surface area (Å²) in [5, 5.41) is 3.39. The lowest BCUT2D eigenvalue weighted by atomic mass is 9.87. The van der Waals surface area contributed by atoms with Gasteiger partial charge < -0.3 is 16.8 Å². The first-order valence-electron chi connectivity index (χ1n) is 15.3. The van der Waals surface area contributed by atoms with Gasteiger partial charge in [0.1, 0.15) is 0 Å². The van der Waals surface area contributed by atoms with Gasteiger partial charge in [-0.1, -0.05) is 83.6 Å². The molecule has 0 aromatic heterocycles. The third-order valence-corrected chi connectivity index (χ3v) is 8.52. The van der Waals surface area contributed by atoms with Crippen LogP contribution in [0.25, 0.3) is 11.1 Å². The predicted molar refractivity (Wildman–Crippen MR) is 182 cm³/mol. The number of likely N-dealkylation sites (tertiary alicyclic amines) is 1. The van der Waals surface area contributed by atoms with Crippen molar-refractivity contribution in [2.45, 2.75) is 25.8 Å². The van der Waals surface area contributed by atoms with Gasteiger partial charge in [-0.25, -0.2) is 0 Å². The zero-order chi connectivity index (χ0) is 29.4.